The van der Waals surface area contributed by atoms with Crippen LogP contribution >= 0.6 is 0 Å². The third-order valence-electron chi connectivity index (χ3n) is 5.54. The first kappa shape index (κ1) is 27.4. The van der Waals surface area contributed by atoms with Gasteiger partial charge in [0, 0.05) is 19.1 Å². The minimum Gasteiger partial charge on any atom is -0.473 e. The minimum absolute atomic E-state index is 0.101. The molecule has 4 N–H and O–H groups in total. The number of morpholine rings is 1. The van der Waals surface area contributed by atoms with Crippen LogP contribution in [-0.4, -0.2) is 66.9 Å². The van der Waals surface area contributed by atoms with Crippen LogP contribution in [0.2, 0.25) is 0 Å². The fourth-order valence-electron chi connectivity index (χ4n) is 3.81. The second-order valence-electron chi connectivity index (χ2n) is 8.06. The van der Waals surface area contributed by atoms with Crippen LogP contribution in [-0.2, 0) is 25.3 Å². The van der Waals surface area contributed by atoms with Gasteiger partial charge in [0.15, 0.2) is 0 Å². The predicted octanol–water partition coefficient (Wildman–Crippen LogP) is 2.95. The number of benzene rings is 1. The predicted molar refractivity (Wildman–Crippen MR) is 118 cm³/mol. The highest BCUT2D eigenvalue weighted by atomic mass is 19.4. The molecule has 1 heterocycles. The van der Waals surface area contributed by atoms with Crippen molar-refractivity contribution in [3.05, 3.63) is 23.8 Å². The molecule has 1 aromatic rings. The van der Waals surface area contributed by atoms with E-state index < -0.39 is 23.7 Å². The number of rotatable bonds is 5. The molecule has 2 fully saturated rings. The van der Waals surface area contributed by atoms with E-state index in [1.54, 1.807) is 0 Å². The highest BCUT2D eigenvalue weighted by Crippen LogP contribution is 2.35. The molecule has 1 aromatic carbocycles. The van der Waals surface area contributed by atoms with E-state index in [9.17, 15) is 18.0 Å². The molecule has 1 amide bonds. The van der Waals surface area contributed by atoms with Crippen LogP contribution in [0.3, 0.4) is 0 Å². The first-order valence-corrected chi connectivity index (χ1v) is 11.1. The van der Waals surface area contributed by atoms with Crippen molar-refractivity contribution in [1.29, 1.82) is 0 Å². The Morgan fingerprint density at radius 2 is 1.59 bits per heavy atom. The summed E-state index contributed by atoms with van der Waals surface area (Å²) in [5, 5.41) is 20.7. The highest BCUT2D eigenvalue weighted by molar-refractivity contribution is 6.27. The van der Waals surface area contributed by atoms with Gasteiger partial charge in [-0.15, -0.1) is 0 Å². The number of nitrogens with one attached hydrogen (secondary N) is 2. The van der Waals surface area contributed by atoms with Crippen LogP contribution in [0.4, 0.5) is 24.5 Å². The first-order chi connectivity index (χ1) is 16.1. The lowest BCUT2D eigenvalue weighted by Crippen LogP contribution is -2.38. The quantitative estimate of drug-likeness (QED) is 0.367. The third-order valence-corrected chi connectivity index (χ3v) is 5.54. The van der Waals surface area contributed by atoms with Gasteiger partial charge in [-0.1, -0.05) is 25.7 Å². The third kappa shape index (κ3) is 9.18. The van der Waals surface area contributed by atoms with Gasteiger partial charge in [-0.3, -0.25) is 4.79 Å². The molecule has 12 heteroatoms. The Morgan fingerprint density at radius 3 is 2.12 bits per heavy atom. The summed E-state index contributed by atoms with van der Waals surface area (Å²) in [6, 6.07) is 3.81. The van der Waals surface area contributed by atoms with Crippen molar-refractivity contribution in [1.82, 2.24) is 5.32 Å². The number of halogens is 3. The van der Waals surface area contributed by atoms with Crippen molar-refractivity contribution < 1.29 is 42.5 Å². The van der Waals surface area contributed by atoms with Crippen molar-refractivity contribution in [2.24, 2.45) is 0 Å². The number of amides is 1. The summed E-state index contributed by atoms with van der Waals surface area (Å²) in [4.78, 5) is 32.6. The molecule has 3 rings (SSSR count). The molecule has 0 unspecified atom stereocenters. The fraction of sp³-hybridized carbons (Fsp3) is 0.591. The van der Waals surface area contributed by atoms with Crippen LogP contribution in [0.25, 0.3) is 0 Å². The van der Waals surface area contributed by atoms with Crippen LogP contribution in [0, 0.1) is 0 Å². The minimum atomic E-state index is -4.46. The Balaban J connectivity index is 0.000000604. The van der Waals surface area contributed by atoms with E-state index in [4.69, 9.17) is 24.5 Å². The topological polar surface area (TPSA) is 128 Å². The number of aliphatic carboxylic acids is 2. The number of ether oxygens (including phenoxy) is 1. The molecule has 1 saturated carbocycles. The number of carboxylic acids is 2. The summed E-state index contributed by atoms with van der Waals surface area (Å²) in [6.07, 6.45) is 2.35. The van der Waals surface area contributed by atoms with Crippen LogP contribution in [0.1, 0.15) is 44.1 Å². The summed E-state index contributed by atoms with van der Waals surface area (Å²) in [6.45, 7) is 2.28. The average Bonchev–Trinajstić information content (AvgIpc) is 3.07. The summed E-state index contributed by atoms with van der Waals surface area (Å²) < 4.78 is 44.8. The smallest absolute Gasteiger partial charge is 0.416 e. The van der Waals surface area contributed by atoms with Gasteiger partial charge < -0.3 is 30.5 Å². The largest absolute Gasteiger partial charge is 0.473 e. The maximum atomic E-state index is 13.1. The van der Waals surface area contributed by atoms with Gasteiger partial charge in [-0.2, -0.15) is 13.2 Å². The van der Waals surface area contributed by atoms with Crippen LogP contribution < -0.4 is 15.5 Å². The summed E-state index contributed by atoms with van der Waals surface area (Å²) >= 11 is 0. The molecule has 2 aliphatic rings. The van der Waals surface area contributed by atoms with Gasteiger partial charge in [0.05, 0.1) is 36.7 Å². The van der Waals surface area contributed by atoms with E-state index in [0.29, 0.717) is 38.0 Å². The average molecular weight is 489 g/mol. The Bertz CT molecular complexity index is 824. The van der Waals surface area contributed by atoms with Crippen LogP contribution in [0.15, 0.2) is 18.2 Å². The van der Waals surface area contributed by atoms with Gasteiger partial charge in [0.1, 0.15) is 0 Å². The molecule has 1 aliphatic heterocycles. The van der Waals surface area contributed by atoms with Gasteiger partial charge >= 0.3 is 18.1 Å². The Morgan fingerprint density at radius 1 is 1.00 bits per heavy atom. The summed E-state index contributed by atoms with van der Waals surface area (Å²) in [5.41, 5.74) is 0.0278. The molecular formula is C22H30F3N3O6. The van der Waals surface area contributed by atoms with E-state index in [2.05, 4.69) is 10.6 Å². The SMILES string of the molecule is O=C(CNC1CCCCCC1)Nc1cc(C(F)(F)F)ccc1N1CCOCC1.O=C(O)C(=O)O. The molecule has 0 spiro atoms. The molecule has 0 atom stereocenters. The molecule has 9 nitrogen and oxygen atoms in total. The molecular weight excluding hydrogens is 459 g/mol. The van der Waals surface area contributed by atoms with Crippen molar-refractivity contribution in [2.45, 2.75) is 50.7 Å². The van der Waals surface area contributed by atoms with Gasteiger partial charge in [0.25, 0.3) is 0 Å². The van der Waals surface area contributed by atoms with E-state index in [-0.39, 0.29) is 18.1 Å². The lowest BCUT2D eigenvalue weighted by atomic mass is 10.1. The molecule has 34 heavy (non-hydrogen) atoms. The van der Waals surface area contributed by atoms with Crippen molar-refractivity contribution in [3.8, 4) is 0 Å². The van der Waals surface area contributed by atoms with E-state index in [1.165, 1.54) is 18.9 Å². The maximum Gasteiger partial charge on any atom is 0.416 e. The lowest BCUT2D eigenvalue weighted by molar-refractivity contribution is -0.159. The molecule has 0 bridgehead atoms. The molecule has 0 aromatic heterocycles. The number of carboxylic acid groups (broad SMARTS) is 2. The zero-order valence-corrected chi connectivity index (χ0v) is 18.7. The van der Waals surface area contributed by atoms with Gasteiger partial charge in [-0.05, 0) is 31.0 Å². The Hall–Kier alpha value is -2.86. The lowest BCUT2D eigenvalue weighted by Gasteiger charge is -2.31. The number of alkyl halides is 3. The molecule has 0 radical (unpaired) electrons. The van der Waals surface area contributed by atoms with Crippen molar-refractivity contribution >= 4 is 29.2 Å². The standard InChI is InChI=1S/C20H28F3N3O2.C2H2O4/c21-20(22,23)15-7-8-18(26-9-11-28-12-10-26)17(13-15)25-19(27)14-24-16-5-3-1-2-4-6-16;3-1(4)2(5)6/h7-8,13,16,24H,1-6,9-12,14H2,(H,25,27);(H,3,4)(H,5,6). The summed E-state index contributed by atoms with van der Waals surface area (Å²) in [7, 11) is 0. The number of carbonyl (C=O) groups is 3. The highest BCUT2D eigenvalue weighted by Gasteiger charge is 2.32. The van der Waals surface area contributed by atoms with Gasteiger partial charge in [-0.25, -0.2) is 9.59 Å². The number of hydrogen-bond acceptors (Lipinski definition) is 6. The van der Waals surface area contributed by atoms with E-state index >= 15 is 0 Å². The molecule has 1 saturated heterocycles. The van der Waals surface area contributed by atoms with Crippen molar-refractivity contribution in [3.63, 3.8) is 0 Å². The number of hydrogen-bond donors (Lipinski definition) is 4. The number of carbonyl (C=O) groups excluding carboxylic acids is 1. The number of anilines is 2. The number of nitrogens with zero attached hydrogens (tertiary/aromatic N) is 1. The van der Waals surface area contributed by atoms with Gasteiger partial charge in [0.2, 0.25) is 5.91 Å². The molecule has 190 valence electrons. The monoisotopic (exact) mass is 489 g/mol. The second kappa shape index (κ2) is 13.1. The zero-order chi connectivity index (χ0) is 25.1. The first-order valence-electron chi connectivity index (χ1n) is 11.1. The zero-order valence-electron chi connectivity index (χ0n) is 18.7. The Kier molecular flexibility index (Phi) is 10.6. The summed E-state index contributed by atoms with van der Waals surface area (Å²) in [5.74, 6) is -3.97. The van der Waals surface area contributed by atoms with E-state index in [0.717, 1.165) is 37.8 Å². The van der Waals surface area contributed by atoms with Crippen molar-refractivity contribution in [2.75, 3.05) is 43.1 Å². The fourth-order valence-corrected chi connectivity index (χ4v) is 3.81. The Labute approximate surface area is 195 Å². The molecule has 1 aliphatic carbocycles. The maximum absolute atomic E-state index is 13.1. The van der Waals surface area contributed by atoms with E-state index in [1.807, 2.05) is 4.90 Å². The normalized spacial score (nSPS) is 17.2. The van der Waals surface area contributed by atoms with Crippen LogP contribution in [0.5, 0.6) is 0 Å². The second-order valence-corrected chi connectivity index (χ2v) is 8.06.